The molecule has 27 heavy (non-hydrogen) atoms. The fourth-order valence-electron chi connectivity index (χ4n) is 3.03. The molecule has 3 aromatic rings. The highest BCUT2D eigenvalue weighted by Crippen LogP contribution is 2.34. The summed E-state index contributed by atoms with van der Waals surface area (Å²) in [4.78, 5) is 11.6. The van der Waals surface area contributed by atoms with Gasteiger partial charge in [-0.2, -0.15) is 0 Å². The third-order valence-corrected chi connectivity index (χ3v) is 4.67. The van der Waals surface area contributed by atoms with Crippen molar-refractivity contribution >= 4 is 34.0 Å². The highest BCUT2D eigenvalue weighted by Gasteiger charge is 2.16. The minimum atomic E-state index is -0.366. The number of ether oxygens (including phenoxy) is 2. The molecule has 138 valence electrons. The molecule has 1 aromatic heterocycles. The van der Waals surface area contributed by atoms with Crippen molar-refractivity contribution in [2.45, 2.75) is 19.9 Å². The van der Waals surface area contributed by atoms with Gasteiger partial charge in [0.05, 0.1) is 6.04 Å². The van der Waals surface area contributed by atoms with Crippen LogP contribution in [0.2, 0.25) is 0 Å². The Kier molecular flexibility index (Phi) is 4.45. The SMILES string of the molecule is Cc1cc(=O)oc2cc(NC(=S)N[C@@H](C)c3ccc4c(c3)OCO4)ccc12. The van der Waals surface area contributed by atoms with Gasteiger partial charge in [0.2, 0.25) is 6.79 Å². The topological polar surface area (TPSA) is 72.7 Å². The summed E-state index contributed by atoms with van der Waals surface area (Å²) < 4.78 is 16.0. The van der Waals surface area contributed by atoms with Crippen LogP contribution in [0.25, 0.3) is 11.0 Å². The summed E-state index contributed by atoms with van der Waals surface area (Å²) in [7, 11) is 0. The quantitative estimate of drug-likeness (QED) is 0.526. The average Bonchev–Trinajstić information content (AvgIpc) is 3.08. The first-order valence-electron chi connectivity index (χ1n) is 8.51. The van der Waals surface area contributed by atoms with Crippen LogP contribution in [-0.2, 0) is 0 Å². The summed E-state index contributed by atoms with van der Waals surface area (Å²) in [6.45, 7) is 4.14. The van der Waals surface area contributed by atoms with Crippen LogP contribution >= 0.6 is 12.2 Å². The van der Waals surface area contributed by atoms with E-state index in [4.69, 9.17) is 26.1 Å². The van der Waals surface area contributed by atoms with Crippen LogP contribution in [0.5, 0.6) is 11.5 Å². The maximum absolute atomic E-state index is 11.6. The van der Waals surface area contributed by atoms with Gasteiger partial charge in [-0.25, -0.2) is 4.79 Å². The molecule has 0 amide bonds. The molecular formula is C20H18N2O4S. The normalized spacial score (nSPS) is 13.4. The lowest BCUT2D eigenvalue weighted by Crippen LogP contribution is -2.30. The van der Waals surface area contributed by atoms with Crippen LogP contribution in [0.15, 0.2) is 51.7 Å². The summed E-state index contributed by atoms with van der Waals surface area (Å²) in [6.07, 6.45) is 0. The Labute approximate surface area is 161 Å². The average molecular weight is 382 g/mol. The Bertz CT molecular complexity index is 1090. The van der Waals surface area contributed by atoms with E-state index in [1.807, 2.05) is 44.2 Å². The first-order chi connectivity index (χ1) is 13.0. The third kappa shape index (κ3) is 3.59. The van der Waals surface area contributed by atoms with Crippen molar-refractivity contribution in [1.82, 2.24) is 5.32 Å². The van der Waals surface area contributed by atoms with E-state index in [-0.39, 0.29) is 18.5 Å². The van der Waals surface area contributed by atoms with Crippen LogP contribution in [0.1, 0.15) is 24.1 Å². The second kappa shape index (κ2) is 6.92. The van der Waals surface area contributed by atoms with Crippen molar-refractivity contribution in [2.24, 2.45) is 0 Å². The zero-order chi connectivity index (χ0) is 19.0. The monoisotopic (exact) mass is 382 g/mol. The number of fused-ring (bicyclic) bond motifs is 2. The van der Waals surface area contributed by atoms with Gasteiger partial charge in [-0.1, -0.05) is 6.07 Å². The molecule has 0 radical (unpaired) electrons. The Morgan fingerprint density at radius 3 is 2.78 bits per heavy atom. The summed E-state index contributed by atoms with van der Waals surface area (Å²) in [5, 5.41) is 7.73. The zero-order valence-corrected chi connectivity index (χ0v) is 15.7. The second-order valence-corrected chi connectivity index (χ2v) is 6.80. The first-order valence-corrected chi connectivity index (χ1v) is 8.92. The van der Waals surface area contributed by atoms with Crippen molar-refractivity contribution in [1.29, 1.82) is 0 Å². The molecule has 0 aliphatic carbocycles. The Balaban J connectivity index is 1.47. The number of hydrogen-bond donors (Lipinski definition) is 2. The summed E-state index contributed by atoms with van der Waals surface area (Å²) in [5.41, 5.74) is 2.81. The molecule has 1 aliphatic heterocycles. The molecule has 0 bridgehead atoms. The molecule has 0 saturated heterocycles. The van der Waals surface area contributed by atoms with Crippen LogP contribution in [-0.4, -0.2) is 11.9 Å². The lowest BCUT2D eigenvalue weighted by molar-refractivity contribution is 0.174. The largest absolute Gasteiger partial charge is 0.454 e. The zero-order valence-electron chi connectivity index (χ0n) is 14.9. The molecule has 2 aromatic carbocycles. The summed E-state index contributed by atoms with van der Waals surface area (Å²) >= 11 is 5.42. The predicted molar refractivity (Wildman–Crippen MR) is 108 cm³/mol. The molecule has 6 nitrogen and oxygen atoms in total. The summed E-state index contributed by atoms with van der Waals surface area (Å²) in [6, 6.07) is 12.8. The number of nitrogens with one attached hydrogen (secondary N) is 2. The van der Waals surface area contributed by atoms with Gasteiger partial charge in [-0.15, -0.1) is 0 Å². The predicted octanol–water partition coefficient (Wildman–Crippen LogP) is 3.88. The van der Waals surface area contributed by atoms with Gasteiger partial charge in [0.15, 0.2) is 16.6 Å². The van der Waals surface area contributed by atoms with Gasteiger partial charge in [0.25, 0.3) is 0 Å². The standard InChI is InChI=1S/C20H18N2O4S/c1-11-7-19(23)26-17-9-14(4-5-15(11)17)22-20(27)21-12(2)13-3-6-16-18(8-13)25-10-24-16/h3-9,12H,10H2,1-2H3,(H2,21,22,27)/t12-/m0/s1. The van der Waals surface area contributed by atoms with E-state index >= 15 is 0 Å². The van der Waals surface area contributed by atoms with E-state index in [2.05, 4.69) is 10.6 Å². The maximum Gasteiger partial charge on any atom is 0.336 e. The van der Waals surface area contributed by atoms with Crippen molar-refractivity contribution in [3.63, 3.8) is 0 Å². The van der Waals surface area contributed by atoms with E-state index in [0.717, 1.165) is 33.7 Å². The van der Waals surface area contributed by atoms with Gasteiger partial charge in [0, 0.05) is 23.2 Å². The lowest BCUT2D eigenvalue weighted by atomic mass is 10.1. The lowest BCUT2D eigenvalue weighted by Gasteiger charge is -2.18. The van der Waals surface area contributed by atoms with Crippen molar-refractivity contribution < 1.29 is 13.9 Å². The number of rotatable bonds is 3. The van der Waals surface area contributed by atoms with E-state index in [9.17, 15) is 4.79 Å². The Morgan fingerprint density at radius 2 is 1.93 bits per heavy atom. The van der Waals surface area contributed by atoms with Crippen LogP contribution < -0.4 is 25.7 Å². The number of anilines is 1. The third-order valence-electron chi connectivity index (χ3n) is 4.45. The number of thiocarbonyl (C=S) groups is 1. The molecular weight excluding hydrogens is 364 g/mol. The van der Waals surface area contributed by atoms with Gasteiger partial charge in [-0.05, 0) is 61.5 Å². The number of hydrogen-bond acceptors (Lipinski definition) is 5. The van der Waals surface area contributed by atoms with E-state index in [1.54, 1.807) is 6.07 Å². The van der Waals surface area contributed by atoms with Crippen LogP contribution in [0.3, 0.4) is 0 Å². The molecule has 0 saturated carbocycles. The van der Waals surface area contributed by atoms with Crippen molar-refractivity contribution in [3.8, 4) is 11.5 Å². The van der Waals surface area contributed by atoms with Gasteiger partial charge >= 0.3 is 5.63 Å². The van der Waals surface area contributed by atoms with Gasteiger partial charge in [-0.3, -0.25) is 0 Å². The maximum atomic E-state index is 11.6. The molecule has 0 unspecified atom stereocenters. The molecule has 0 spiro atoms. The summed E-state index contributed by atoms with van der Waals surface area (Å²) in [5.74, 6) is 1.49. The molecule has 2 N–H and O–H groups in total. The van der Waals surface area contributed by atoms with Crippen molar-refractivity contribution in [2.75, 3.05) is 12.1 Å². The van der Waals surface area contributed by atoms with Gasteiger partial charge < -0.3 is 24.5 Å². The number of aryl methyl sites for hydroxylation is 1. The van der Waals surface area contributed by atoms with E-state index in [0.29, 0.717) is 10.7 Å². The molecule has 0 fully saturated rings. The first kappa shape index (κ1) is 17.4. The highest BCUT2D eigenvalue weighted by molar-refractivity contribution is 7.80. The smallest absolute Gasteiger partial charge is 0.336 e. The molecule has 4 rings (SSSR count). The van der Waals surface area contributed by atoms with Crippen molar-refractivity contribution in [3.05, 3.63) is 64.0 Å². The highest BCUT2D eigenvalue weighted by atomic mass is 32.1. The number of benzene rings is 2. The second-order valence-electron chi connectivity index (χ2n) is 6.39. The van der Waals surface area contributed by atoms with Crippen LogP contribution in [0, 0.1) is 6.92 Å². The van der Waals surface area contributed by atoms with E-state index in [1.165, 1.54) is 6.07 Å². The Hall–Kier alpha value is -3.06. The molecule has 1 atom stereocenters. The fraction of sp³-hybridized carbons (Fsp3) is 0.200. The van der Waals surface area contributed by atoms with E-state index < -0.39 is 0 Å². The minimum absolute atomic E-state index is 0.0277. The van der Waals surface area contributed by atoms with Crippen LogP contribution in [0.4, 0.5) is 5.69 Å². The van der Waals surface area contributed by atoms with Gasteiger partial charge in [0.1, 0.15) is 5.58 Å². The minimum Gasteiger partial charge on any atom is -0.454 e. The molecule has 7 heteroatoms. The fourth-order valence-corrected chi connectivity index (χ4v) is 3.33. The molecule has 2 heterocycles. The molecule has 1 aliphatic rings. The Morgan fingerprint density at radius 1 is 1.11 bits per heavy atom.